The molecule has 2 fully saturated rings. The van der Waals surface area contributed by atoms with E-state index in [9.17, 15) is 9.59 Å². The van der Waals surface area contributed by atoms with Crippen molar-refractivity contribution in [1.82, 2.24) is 19.6 Å². The van der Waals surface area contributed by atoms with Gasteiger partial charge >= 0.3 is 0 Å². The normalized spacial score (nSPS) is 25.9. The van der Waals surface area contributed by atoms with Gasteiger partial charge < -0.3 is 9.80 Å². The highest BCUT2D eigenvalue weighted by Gasteiger charge is 2.48. The number of hydrogen-bond donors (Lipinski definition) is 0. The number of likely N-dealkylation sites (tertiary alicyclic amines) is 2. The summed E-state index contributed by atoms with van der Waals surface area (Å²) in [5.74, 6) is 0.195. The van der Waals surface area contributed by atoms with Gasteiger partial charge in [-0.25, -0.2) is 0 Å². The highest BCUT2D eigenvalue weighted by atomic mass is 16.2. The molecule has 2 aliphatic heterocycles. The molecular formula is C15H22N4O2. The van der Waals surface area contributed by atoms with Crippen molar-refractivity contribution in [3.63, 3.8) is 0 Å². The number of aromatic nitrogens is 2. The maximum absolute atomic E-state index is 12.5. The monoisotopic (exact) mass is 290 g/mol. The number of rotatable bonds is 2. The first-order chi connectivity index (χ1) is 10.1. The van der Waals surface area contributed by atoms with Gasteiger partial charge in [0.2, 0.25) is 5.91 Å². The molecule has 114 valence electrons. The van der Waals surface area contributed by atoms with E-state index < -0.39 is 0 Å². The number of carbonyl (C=O) groups is 2. The largest absolute Gasteiger partial charge is 0.345 e. The fourth-order valence-electron chi connectivity index (χ4n) is 3.52. The second kappa shape index (κ2) is 5.16. The Hall–Kier alpha value is -1.85. The molecule has 1 atom stereocenters. The van der Waals surface area contributed by atoms with E-state index in [0.29, 0.717) is 18.7 Å². The molecule has 0 aromatic carbocycles. The Morgan fingerprint density at radius 2 is 2.19 bits per heavy atom. The Bertz CT molecular complexity index is 568. The molecule has 21 heavy (non-hydrogen) atoms. The van der Waals surface area contributed by atoms with Gasteiger partial charge in [-0.3, -0.25) is 14.3 Å². The first-order valence-electron chi connectivity index (χ1n) is 7.63. The van der Waals surface area contributed by atoms with Crippen molar-refractivity contribution < 1.29 is 9.59 Å². The Morgan fingerprint density at radius 3 is 2.90 bits per heavy atom. The van der Waals surface area contributed by atoms with Crippen LogP contribution in [0.4, 0.5) is 0 Å². The molecule has 0 unspecified atom stereocenters. The van der Waals surface area contributed by atoms with Crippen molar-refractivity contribution in [2.75, 3.05) is 26.7 Å². The minimum absolute atomic E-state index is 0.00685. The van der Waals surface area contributed by atoms with Crippen LogP contribution in [0.2, 0.25) is 0 Å². The van der Waals surface area contributed by atoms with E-state index in [0.717, 1.165) is 32.4 Å². The van der Waals surface area contributed by atoms with Gasteiger partial charge in [0.15, 0.2) is 0 Å². The lowest BCUT2D eigenvalue weighted by Crippen LogP contribution is -2.48. The summed E-state index contributed by atoms with van der Waals surface area (Å²) in [6, 6.07) is 0. The Labute approximate surface area is 124 Å². The van der Waals surface area contributed by atoms with Crippen LogP contribution < -0.4 is 0 Å². The molecule has 0 bridgehead atoms. The summed E-state index contributed by atoms with van der Waals surface area (Å²) in [7, 11) is 1.86. The van der Waals surface area contributed by atoms with Crippen molar-refractivity contribution in [3.8, 4) is 0 Å². The van der Waals surface area contributed by atoms with Crippen LogP contribution in [-0.2, 0) is 11.3 Å². The van der Waals surface area contributed by atoms with E-state index in [1.807, 2.05) is 23.8 Å². The number of carbonyl (C=O) groups excluding carboxylic acids is 2. The molecule has 6 nitrogen and oxygen atoms in total. The van der Waals surface area contributed by atoms with Gasteiger partial charge in [-0.05, 0) is 26.2 Å². The number of aryl methyl sites for hydroxylation is 1. The zero-order valence-corrected chi connectivity index (χ0v) is 12.7. The average Bonchev–Trinajstić information content (AvgIpc) is 3.12. The Balaban J connectivity index is 1.74. The molecule has 2 aliphatic rings. The molecule has 1 spiro atoms. The first kappa shape index (κ1) is 14.1. The fraction of sp³-hybridized carbons (Fsp3) is 0.667. The highest BCUT2D eigenvalue weighted by molar-refractivity contribution is 5.95. The van der Waals surface area contributed by atoms with E-state index in [-0.39, 0.29) is 17.2 Å². The van der Waals surface area contributed by atoms with Crippen LogP contribution in [0, 0.1) is 5.41 Å². The lowest BCUT2D eigenvalue weighted by molar-refractivity contribution is -0.143. The van der Waals surface area contributed by atoms with Crippen molar-refractivity contribution in [2.45, 2.75) is 32.7 Å². The SMILES string of the molecule is CCn1cc(C(=O)N2CC[C@@]3(CCCN(C)C3=O)C2)cn1. The van der Waals surface area contributed by atoms with Crippen LogP contribution in [0.5, 0.6) is 0 Å². The standard InChI is InChI=1S/C15H22N4O2/c1-3-19-10-12(9-16-19)13(20)18-8-6-15(11-18)5-4-7-17(2)14(15)21/h9-10H,3-8,11H2,1-2H3/t15-/m0/s1. The Kier molecular flexibility index (Phi) is 3.47. The number of amides is 2. The topological polar surface area (TPSA) is 58.4 Å². The van der Waals surface area contributed by atoms with Crippen molar-refractivity contribution in [1.29, 1.82) is 0 Å². The second-order valence-corrected chi connectivity index (χ2v) is 6.17. The van der Waals surface area contributed by atoms with E-state index in [1.165, 1.54) is 0 Å². The predicted octanol–water partition coefficient (Wildman–Crippen LogP) is 0.987. The molecule has 0 aliphatic carbocycles. The van der Waals surface area contributed by atoms with E-state index in [2.05, 4.69) is 5.10 Å². The predicted molar refractivity (Wildman–Crippen MR) is 77.7 cm³/mol. The maximum atomic E-state index is 12.5. The van der Waals surface area contributed by atoms with Crippen LogP contribution >= 0.6 is 0 Å². The molecular weight excluding hydrogens is 268 g/mol. The van der Waals surface area contributed by atoms with Gasteiger partial charge in [0.1, 0.15) is 0 Å². The zero-order valence-electron chi connectivity index (χ0n) is 12.7. The summed E-state index contributed by atoms with van der Waals surface area (Å²) >= 11 is 0. The van der Waals surface area contributed by atoms with Crippen LogP contribution in [0.3, 0.4) is 0 Å². The van der Waals surface area contributed by atoms with Crippen molar-refractivity contribution in [2.24, 2.45) is 5.41 Å². The Morgan fingerprint density at radius 1 is 1.38 bits per heavy atom. The molecule has 6 heteroatoms. The quantitative estimate of drug-likeness (QED) is 0.816. The van der Waals surface area contributed by atoms with Gasteiger partial charge in [0.25, 0.3) is 5.91 Å². The summed E-state index contributed by atoms with van der Waals surface area (Å²) in [6.45, 7) is 4.78. The third kappa shape index (κ3) is 2.32. The maximum Gasteiger partial charge on any atom is 0.257 e. The van der Waals surface area contributed by atoms with Crippen LogP contribution in [0.25, 0.3) is 0 Å². The van der Waals surface area contributed by atoms with Crippen LogP contribution in [0.1, 0.15) is 36.5 Å². The molecule has 3 rings (SSSR count). The van der Waals surface area contributed by atoms with Gasteiger partial charge in [-0.15, -0.1) is 0 Å². The minimum Gasteiger partial charge on any atom is -0.345 e. The molecule has 3 heterocycles. The second-order valence-electron chi connectivity index (χ2n) is 6.17. The molecule has 0 N–H and O–H groups in total. The lowest BCUT2D eigenvalue weighted by Gasteiger charge is -2.37. The summed E-state index contributed by atoms with van der Waals surface area (Å²) in [5, 5.41) is 4.15. The summed E-state index contributed by atoms with van der Waals surface area (Å²) < 4.78 is 1.75. The van der Waals surface area contributed by atoms with Gasteiger partial charge in [0, 0.05) is 39.4 Å². The van der Waals surface area contributed by atoms with Crippen LogP contribution in [0.15, 0.2) is 12.4 Å². The molecule has 2 amide bonds. The zero-order chi connectivity index (χ0) is 15.0. The van der Waals surface area contributed by atoms with E-state index in [4.69, 9.17) is 0 Å². The molecule has 0 saturated carbocycles. The van der Waals surface area contributed by atoms with Gasteiger partial charge in [0.05, 0.1) is 17.2 Å². The average molecular weight is 290 g/mol. The summed E-state index contributed by atoms with van der Waals surface area (Å²) in [5.41, 5.74) is 0.272. The smallest absolute Gasteiger partial charge is 0.257 e. The summed E-state index contributed by atoms with van der Waals surface area (Å²) in [4.78, 5) is 28.6. The van der Waals surface area contributed by atoms with E-state index >= 15 is 0 Å². The fourth-order valence-corrected chi connectivity index (χ4v) is 3.52. The summed E-state index contributed by atoms with van der Waals surface area (Å²) in [6.07, 6.45) is 6.10. The van der Waals surface area contributed by atoms with Gasteiger partial charge in [-0.1, -0.05) is 0 Å². The first-order valence-corrected chi connectivity index (χ1v) is 7.63. The molecule has 2 saturated heterocycles. The van der Waals surface area contributed by atoms with Gasteiger partial charge in [-0.2, -0.15) is 5.10 Å². The van der Waals surface area contributed by atoms with Crippen molar-refractivity contribution in [3.05, 3.63) is 18.0 Å². The third-order valence-electron chi connectivity index (χ3n) is 4.79. The minimum atomic E-state index is -0.344. The number of hydrogen-bond acceptors (Lipinski definition) is 3. The molecule has 0 radical (unpaired) electrons. The third-order valence-corrected chi connectivity index (χ3v) is 4.79. The number of piperidine rings is 1. The van der Waals surface area contributed by atoms with Crippen LogP contribution in [-0.4, -0.2) is 58.1 Å². The lowest BCUT2D eigenvalue weighted by atomic mass is 9.78. The molecule has 1 aromatic heterocycles. The van der Waals surface area contributed by atoms with E-state index in [1.54, 1.807) is 17.1 Å². The molecule has 1 aromatic rings. The van der Waals surface area contributed by atoms with Crippen molar-refractivity contribution >= 4 is 11.8 Å². The number of nitrogens with zero attached hydrogens (tertiary/aromatic N) is 4. The highest BCUT2D eigenvalue weighted by Crippen LogP contribution is 2.40.